The van der Waals surface area contributed by atoms with Crippen molar-refractivity contribution in [3.05, 3.63) is 46.5 Å². The Balaban J connectivity index is 1.83. The maximum Gasteiger partial charge on any atom is 0.0408 e. The maximum absolute atomic E-state index is 6.21. The average Bonchev–Trinajstić information content (AvgIpc) is 2.46. The van der Waals surface area contributed by atoms with Crippen molar-refractivity contribution in [3.63, 3.8) is 0 Å². The Morgan fingerprint density at radius 1 is 1.29 bits per heavy atom. The van der Waals surface area contributed by atoms with Crippen LogP contribution in [-0.4, -0.2) is 13.1 Å². The summed E-state index contributed by atoms with van der Waals surface area (Å²) in [5.74, 6) is 2.96. The van der Waals surface area contributed by atoms with Crippen LogP contribution in [0.4, 0.5) is 0 Å². The molecule has 0 amide bonds. The Labute approximate surface area is 133 Å². The minimum Gasteiger partial charge on any atom is -0.316 e. The summed E-state index contributed by atoms with van der Waals surface area (Å²) in [7, 11) is 0. The smallest absolute Gasteiger partial charge is 0.0408 e. The zero-order valence-electron chi connectivity index (χ0n) is 13.1. The van der Waals surface area contributed by atoms with Gasteiger partial charge in [-0.3, -0.25) is 0 Å². The van der Waals surface area contributed by atoms with Crippen LogP contribution in [0.15, 0.2) is 35.9 Å². The third kappa shape index (κ3) is 3.52. The minimum atomic E-state index is 0.612. The van der Waals surface area contributed by atoms with Gasteiger partial charge in [0, 0.05) is 11.6 Å². The van der Waals surface area contributed by atoms with Crippen molar-refractivity contribution in [2.75, 3.05) is 13.1 Å². The van der Waals surface area contributed by atoms with E-state index in [2.05, 4.69) is 43.4 Å². The van der Waals surface area contributed by atoms with E-state index in [9.17, 15) is 0 Å². The molecule has 0 spiro atoms. The number of nitrogens with one attached hydrogen (secondary N) is 1. The molecule has 0 bridgehead atoms. The Morgan fingerprint density at radius 3 is 2.90 bits per heavy atom. The summed E-state index contributed by atoms with van der Waals surface area (Å²) < 4.78 is 0. The monoisotopic (exact) mass is 303 g/mol. The van der Waals surface area contributed by atoms with Crippen molar-refractivity contribution in [1.29, 1.82) is 0 Å². The Hall–Kier alpha value is -0.790. The van der Waals surface area contributed by atoms with Gasteiger partial charge < -0.3 is 5.32 Å². The lowest BCUT2D eigenvalue weighted by Gasteiger charge is -2.40. The fraction of sp³-hybridized carbons (Fsp3) is 0.579. The molecule has 21 heavy (non-hydrogen) atoms. The highest BCUT2D eigenvalue weighted by Crippen LogP contribution is 2.42. The average molecular weight is 304 g/mol. The summed E-state index contributed by atoms with van der Waals surface area (Å²) in [5.41, 5.74) is 3.00. The van der Waals surface area contributed by atoms with E-state index >= 15 is 0 Å². The van der Waals surface area contributed by atoms with E-state index in [-0.39, 0.29) is 0 Å². The largest absolute Gasteiger partial charge is 0.316 e. The molecule has 1 aliphatic carbocycles. The van der Waals surface area contributed by atoms with Gasteiger partial charge in [0.25, 0.3) is 0 Å². The zero-order chi connectivity index (χ0) is 14.8. The molecule has 1 aromatic carbocycles. The van der Waals surface area contributed by atoms with E-state index in [1.807, 2.05) is 6.07 Å². The van der Waals surface area contributed by atoms with Crippen LogP contribution in [0.25, 0.3) is 0 Å². The lowest BCUT2D eigenvalue weighted by atomic mass is 9.68. The highest BCUT2D eigenvalue weighted by molar-refractivity contribution is 6.30. The molecule has 4 unspecified atom stereocenters. The first kappa shape index (κ1) is 15.1. The van der Waals surface area contributed by atoms with Crippen molar-refractivity contribution in [2.45, 2.75) is 39.0 Å². The summed E-state index contributed by atoms with van der Waals surface area (Å²) in [6.07, 6.45) is 6.39. The number of hydrogen-bond donors (Lipinski definition) is 1. The third-order valence-corrected chi connectivity index (χ3v) is 5.48. The Bertz CT molecular complexity index is 522. The molecule has 2 aliphatic rings. The van der Waals surface area contributed by atoms with Gasteiger partial charge in [-0.1, -0.05) is 42.3 Å². The molecule has 114 valence electrons. The summed E-state index contributed by atoms with van der Waals surface area (Å²) in [5, 5.41) is 4.45. The van der Waals surface area contributed by atoms with Crippen molar-refractivity contribution in [1.82, 2.24) is 5.32 Å². The molecule has 4 atom stereocenters. The van der Waals surface area contributed by atoms with E-state index in [0.717, 1.165) is 35.9 Å². The van der Waals surface area contributed by atoms with Gasteiger partial charge >= 0.3 is 0 Å². The fourth-order valence-electron chi connectivity index (χ4n) is 4.47. The van der Waals surface area contributed by atoms with E-state index < -0.39 is 0 Å². The lowest BCUT2D eigenvalue weighted by Crippen LogP contribution is -2.39. The predicted octanol–water partition coefficient (Wildman–Crippen LogP) is 5.03. The molecule has 1 heterocycles. The van der Waals surface area contributed by atoms with Crippen LogP contribution in [0, 0.1) is 17.8 Å². The SMILES string of the molecule is CC1=CC(C)CC(C2CCNCC2c2cccc(Cl)c2)C1. The van der Waals surface area contributed by atoms with Gasteiger partial charge in [0.1, 0.15) is 0 Å². The van der Waals surface area contributed by atoms with Gasteiger partial charge in [0.2, 0.25) is 0 Å². The minimum absolute atomic E-state index is 0.612. The predicted molar refractivity (Wildman–Crippen MR) is 90.8 cm³/mol. The number of allylic oxidation sites excluding steroid dienone is 2. The first-order valence-electron chi connectivity index (χ1n) is 8.27. The number of benzene rings is 1. The first-order chi connectivity index (χ1) is 10.1. The van der Waals surface area contributed by atoms with Crippen LogP contribution in [0.5, 0.6) is 0 Å². The molecule has 1 aliphatic heterocycles. The molecule has 1 saturated heterocycles. The van der Waals surface area contributed by atoms with Gasteiger partial charge in [-0.15, -0.1) is 0 Å². The van der Waals surface area contributed by atoms with Crippen LogP contribution in [0.3, 0.4) is 0 Å². The first-order valence-corrected chi connectivity index (χ1v) is 8.64. The van der Waals surface area contributed by atoms with E-state index in [1.165, 1.54) is 24.8 Å². The molecule has 0 radical (unpaired) electrons. The summed E-state index contributed by atoms with van der Waals surface area (Å²) in [6.45, 7) is 6.93. The highest BCUT2D eigenvalue weighted by atomic mass is 35.5. The molecule has 0 aromatic heterocycles. The molecule has 1 N–H and O–H groups in total. The molecule has 1 aromatic rings. The quantitative estimate of drug-likeness (QED) is 0.756. The van der Waals surface area contributed by atoms with Gasteiger partial charge in [0.15, 0.2) is 0 Å². The topological polar surface area (TPSA) is 12.0 Å². The van der Waals surface area contributed by atoms with Gasteiger partial charge in [-0.05, 0) is 74.1 Å². The second-order valence-corrected chi connectivity index (χ2v) is 7.44. The summed E-state index contributed by atoms with van der Waals surface area (Å²) in [4.78, 5) is 0. The van der Waals surface area contributed by atoms with Crippen LogP contribution in [0.2, 0.25) is 5.02 Å². The van der Waals surface area contributed by atoms with Gasteiger partial charge in [0.05, 0.1) is 0 Å². The molecule has 2 heteroatoms. The molecular formula is C19H26ClN. The van der Waals surface area contributed by atoms with Crippen LogP contribution in [0.1, 0.15) is 44.6 Å². The van der Waals surface area contributed by atoms with Crippen LogP contribution >= 0.6 is 11.6 Å². The van der Waals surface area contributed by atoms with E-state index in [0.29, 0.717) is 5.92 Å². The van der Waals surface area contributed by atoms with E-state index in [1.54, 1.807) is 5.57 Å². The number of rotatable bonds is 2. The Kier molecular flexibility index (Phi) is 4.71. The van der Waals surface area contributed by atoms with Crippen molar-refractivity contribution < 1.29 is 0 Å². The normalized spacial score (nSPS) is 33.6. The molecule has 0 saturated carbocycles. The molecule has 3 rings (SSSR count). The standard InChI is InChI=1S/C19H26ClN/c1-13-8-14(2)10-16(9-13)18-6-7-21-12-19(18)15-4-3-5-17(20)11-15/h3-5,8,11,13,16,18-19,21H,6-7,9-10,12H2,1-2H3. The van der Waals surface area contributed by atoms with Gasteiger partial charge in [-0.25, -0.2) is 0 Å². The van der Waals surface area contributed by atoms with E-state index in [4.69, 9.17) is 11.6 Å². The number of halogens is 1. The number of hydrogen-bond acceptors (Lipinski definition) is 1. The molecule has 1 fully saturated rings. The maximum atomic E-state index is 6.21. The second-order valence-electron chi connectivity index (χ2n) is 7.01. The lowest BCUT2D eigenvalue weighted by molar-refractivity contribution is 0.194. The van der Waals surface area contributed by atoms with Crippen molar-refractivity contribution in [3.8, 4) is 0 Å². The summed E-state index contributed by atoms with van der Waals surface area (Å²) in [6, 6.07) is 8.50. The molecule has 1 nitrogen and oxygen atoms in total. The van der Waals surface area contributed by atoms with Crippen molar-refractivity contribution >= 4 is 11.6 Å². The van der Waals surface area contributed by atoms with Crippen LogP contribution < -0.4 is 5.32 Å². The summed E-state index contributed by atoms with van der Waals surface area (Å²) >= 11 is 6.21. The third-order valence-electron chi connectivity index (χ3n) is 5.25. The highest BCUT2D eigenvalue weighted by Gasteiger charge is 2.34. The Morgan fingerprint density at radius 2 is 2.14 bits per heavy atom. The van der Waals surface area contributed by atoms with Crippen molar-refractivity contribution in [2.24, 2.45) is 17.8 Å². The fourth-order valence-corrected chi connectivity index (χ4v) is 4.67. The number of piperidine rings is 1. The molecular weight excluding hydrogens is 278 g/mol. The zero-order valence-corrected chi connectivity index (χ0v) is 13.9. The van der Waals surface area contributed by atoms with Crippen LogP contribution in [-0.2, 0) is 0 Å². The second kappa shape index (κ2) is 6.54. The van der Waals surface area contributed by atoms with Gasteiger partial charge in [-0.2, -0.15) is 0 Å².